The highest BCUT2D eigenvalue weighted by Crippen LogP contribution is 2.66. The number of fused-ring (bicyclic) bond motifs is 5. The monoisotopic (exact) mass is 332 g/mol. The van der Waals surface area contributed by atoms with Crippen molar-refractivity contribution >= 4 is 0 Å². The zero-order valence-corrected chi connectivity index (χ0v) is 15.8. The molecule has 0 aromatic heterocycles. The van der Waals surface area contributed by atoms with Gasteiger partial charge in [0.15, 0.2) is 0 Å². The van der Waals surface area contributed by atoms with Crippen LogP contribution in [-0.4, -0.2) is 22.9 Å². The first-order valence-electron chi connectivity index (χ1n) is 10.4. The minimum Gasteiger partial charge on any atom is -0.396 e. The van der Waals surface area contributed by atoms with Crippen LogP contribution >= 0.6 is 0 Å². The first-order valence-corrected chi connectivity index (χ1v) is 10.4. The average molecular weight is 333 g/mol. The molecule has 24 heavy (non-hydrogen) atoms. The van der Waals surface area contributed by atoms with Crippen LogP contribution < -0.4 is 0 Å². The van der Waals surface area contributed by atoms with Crippen molar-refractivity contribution in [2.75, 3.05) is 6.61 Å². The molecule has 0 spiro atoms. The normalized spacial score (nSPS) is 52.0. The van der Waals surface area contributed by atoms with Crippen molar-refractivity contribution in [3.05, 3.63) is 11.6 Å². The molecule has 2 nitrogen and oxygen atoms in total. The lowest BCUT2D eigenvalue weighted by atomic mass is 9.47. The van der Waals surface area contributed by atoms with Crippen LogP contribution in [0.1, 0.15) is 72.1 Å². The molecule has 2 heteroatoms. The van der Waals surface area contributed by atoms with E-state index >= 15 is 0 Å². The van der Waals surface area contributed by atoms with E-state index in [0.717, 1.165) is 24.7 Å². The van der Waals surface area contributed by atoms with Crippen molar-refractivity contribution in [2.24, 2.45) is 40.4 Å². The van der Waals surface area contributed by atoms with Gasteiger partial charge in [-0.05, 0) is 91.8 Å². The number of hydrogen-bond acceptors (Lipinski definition) is 2. The molecule has 0 radical (unpaired) electrons. The summed E-state index contributed by atoms with van der Waals surface area (Å²) in [6.07, 6.45) is 12.2. The molecule has 4 rings (SSSR count). The van der Waals surface area contributed by atoms with Gasteiger partial charge in [0.2, 0.25) is 0 Å². The fourth-order valence-electron chi connectivity index (χ4n) is 7.59. The second-order valence-electron chi connectivity index (χ2n) is 10.1. The van der Waals surface area contributed by atoms with E-state index in [1.54, 1.807) is 5.57 Å². The van der Waals surface area contributed by atoms with Gasteiger partial charge in [-0.1, -0.05) is 32.4 Å². The lowest BCUT2D eigenvalue weighted by Gasteiger charge is -2.57. The largest absolute Gasteiger partial charge is 0.396 e. The van der Waals surface area contributed by atoms with E-state index in [9.17, 15) is 10.2 Å². The van der Waals surface area contributed by atoms with Gasteiger partial charge in [-0.3, -0.25) is 0 Å². The molecule has 3 saturated carbocycles. The van der Waals surface area contributed by atoms with E-state index in [1.807, 2.05) is 0 Å². The molecule has 136 valence electrons. The Bertz CT molecular complexity index is 526. The predicted octanol–water partition coefficient (Wildman–Crippen LogP) is 4.55. The summed E-state index contributed by atoms with van der Waals surface area (Å²) in [7, 11) is 0. The van der Waals surface area contributed by atoms with Crippen LogP contribution in [0, 0.1) is 40.4 Å². The van der Waals surface area contributed by atoms with Gasteiger partial charge in [0.25, 0.3) is 0 Å². The molecule has 0 aliphatic heterocycles. The maximum absolute atomic E-state index is 10.1. The van der Waals surface area contributed by atoms with Crippen LogP contribution in [-0.2, 0) is 0 Å². The topological polar surface area (TPSA) is 40.5 Å². The van der Waals surface area contributed by atoms with Gasteiger partial charge in [0.05, 0.1) is 6.10 Å². The second-order valence-corrected chi connectivity index (χ2v) is 10.1. The van der Waals surface area contributed by atoms with E-state index in [-0.39, 0.29) is 6.10 Å². The van der Waals surface area contributed by atoms with E-state index in [0.29, 0.717) is 35.2 Å². The Morgan fingerprint density at radius 1 is 1.08 bits per heavy atom. The maximum Gasteiger partial charge on any atom is 0.0543 e. The number of aliphatic hydroxyl groups excluding tert-OH is 2. The molecular formula is C22H36O2. The number of aliphatic hydroxyl groups is 2. The minimum absolute atomic E-state index is 0.0619. The van der Waals surface area contributed by atoms with E-state index in [2.05, 4.69) is 26.8 Å². The first kappa shape index (κ1) is 17.1. The van der Waals surface area contributed by atoms with Crippen molar-refractivity contribution in [3.8, 4) is 0 Å². The van der Waals surface area contributed by atoms with Gasteiger partial charge in [-0.2, -0.15) is 0 Å². The summed E-state index contributed by atoms with van der Waals surface area (Å²) in [6, 6.07) is 0. The molecule has 3 fully saturated rings. The molecule has 8 atom stereocenters. The van der Waals surface area contributed by atoms with Crippen molar-refractivity contribution in [3.63, 3.8) is 0 Å². The molecule has 2 N–H and O–H groups in total. The smallest absolute Gasteiger partial charge is 0.0543 e. The molecule has 0 aromatic rings. The van der Waals surface area contributed by atoms with Crippen LogP contribution in [0.4, 0.5) is 0 Å². The van der Waals surface area contributed by atoms with Gasteiger partial charge >= 0.3 is 0 Å². The van der Waals surface area contributed by atoms with E-state index < -0.39 is 0 Å². The van der Waals surface area contributed by atoms with Gasteiger partial charge in [0.1, 0.15) is 0 Å². The van der Waals surface area contributed by atoms with Crippen LogP contribution in [0.2, 0.25) is 0 Å². The summed E-state index contributed by atoms with van der Waals surface area (Å²) in [5.74, 6) is 3.32. The Hall–Kier alpha value is -0.340. The Morgan fingerprint density at radius 3 is 2.54 bits per heavy atom. The summed E-state index contributed by atoms with van der Waals surface area (Å²) < 4.78 is 0. The van der Waals surface area contributed by atoms with Gasteiger partial charge in [-0.15, -0.1) is 0 Å². The SMILES string of the molecule is C[C@H](CO)[C@H]1CC[C@H]2C3=CCC4C[C@H](O)CC[C@]4(C)[C@H]3CC[C@]12C. The Morgan fingerprint density at radius 2 is 1.79 bits per heavy atom. The summed E-state index contributed by atoms with van der Waals surface area (Å²) in [5, 5.41) is 19.8. The summed E-state index contributed by atoms with van der Waals surface area (Å²) in [6.45, 7) is 7.65. The third-order valence-electron chi connectivity index (χ3n) is 9.10. The summed E-state index contributed by atoms with van der Waals surface area (Å²) in [4.78, 5) is 0. The zero-order chi connectivity index (χ0) is 17.1. The molecule has 4 aliphatic carbocycles. The fourth-order valence-corrected chi connectivity index (χ4v) is 7.59. The molecule has 4 aliphatic rings. The highest BCUT2D eigenvalue weighted by Gasteiger charge is 2.58. The van der Waals surface area contributed by atoms with Gasteiger partial charge in [0, 0.05) is 6.61 Å². The average Bonchev–Trinajstić information content (AvgIpc) is 2.92. The molecular weight excluding hydrogens is 296 g/mol. The Labute approximate surface area is 147 Å². The lowest BCUT2D eigenvalue weighted by Crippen LogP contribution is -2.50. The van der Waals surface area contributed by atoms with Crippen molar-refractivity contribution in [1.29, 1.82) is 0 Å². The molecule has 0 bridgehead atoms. The van der Waals surface area contributed by atoms with E-state index in [1.165, 1.54) is 38.5 Å². The highest BCUT2D eigenvalue weighted by molar-refractivity contribution is 5.27. The molecule has 0 heterocycles. The number of allylic oxidation sites excluding steroid dienone is 2. The molecule has 0 amide bonds. The number of hydrogen-bond donors (Lipinski definition) is 2. The van der Waals surface area contributed by atoms with Crippen LogP contribution in [0.15, 0.2) is 11.6 Å². The Kier molecular flexibility index (Phi) is 4.16. The quantitative estimate of drug-likeness (QED) is 0.728. The standard InChI is InChI=1S/C22H36O2/c1-14(13-23)18-6-7-19-17-5-4-15-12-16(24)8-10-21(15,2)20(17)9-11-22(18,19)3/h5,14-16,18-20,23-24H,4,6-13H2,1-3H3/t14-,15?,16-,18-,19+,20+,21+,22-/m1/s1. The summed E-state index contributed by atoms with van der Waals surface area (Å²) >= 11 is 0. The highest BCUT2D eigenvalue weighted by atomic mass is 16.3. The fraction of sp³-hybridized carbons (Fsp3) is 0.909. The first-order chi connectivity index (χ1) is 11.4. The van der Waals surface area contributed by atoms with Crippen molar-refractivity contribution < 1.29 is 10.2 Å². The predicted molar refractivity (Wildman–Crippen MR) is 97.4 cm³/mol. The van der Waals surface area contributed by atoms with Crippen molar-refractivity contribution in [2.45, 2.75) is 78.2 Å². The van der Waals surface area contributed by atoms with Crippen LogP contribution in [0.3, 0.4) is 0 Å². The van der Waals surface area contributed by atoms with E-state index in [4.69, 9.17) is 0 Å². The van der Waals surface area contributed by atoms with Crippen LogP contribution in [0.5, 0.6) is 0 Å². The zero-order valence-electron chi connectivity index (χ0n) is 15.8. The van der Waals surface area contributed by atoms with Gasteiger partial charge < -0.3 is 10.2 Å². The summed E-state index contributed by atoms with van der Waals surface area (Å²) in [5.41, 5.74) is 2.61. The maximum atomic E-state index is 10.1. The molecule has 0 aromatic carbocycles. The Balaban J connectivity index is 1.64. The number of rotatable bonds is 2. The molecule has 1 unspecified atom stereocenters. The minimum atomic E-state index is -0.0619. The second kappa shape index (κ2) is 5.84. The molecule has 0 saturated heterocycles. The van der Waals surface area contributed by atoms with Gasteiger partial charge in [-0.25, -0.2) is 0 Å². The van der Waals surface area contributed by atoms with Crippen LogP contribution in [0.25, 0.3) is 0 Å². The van der Waals surface area contributed by atoms with Crippen molar-refractivity contribution in [1.82, 2.24) is 0 Å². The third kappa shape index (κ3) is 2.28. The third-order valence-corrected chi connectivity index (χ3v) is 9.10. The lowest BCUT2D eigenvalue weighted by molar-refractivity contribution is -0.0439.